The molecule has 0 heterocycles. The third-order valence-electron chi connectivity index (χ3n) is 2.46. The molecule has 1 unspecified atom stereocenters. The molecule has 5 heteroatoms. The van der Waals surface area contributed by atoms with Crippen LogP contribution in [0.3, 0.4) is 0 Å². The molecule has 0 saturated heterocycles. The third kappa shape index (κ3) is 2.36. The molecular weight excluding hydrogens is 214 g/mol. The van der Waals surface area contributed by atoms with Crippen LogP contribution in [0.2, 0.25) is 0 Å². The van der Waals surface area contributed by atoms with Gasteiger partial charge in [0.2, 0.25) is 5.91 Å². The molecule has 0 aliphatic carbocycles. The van der Waals surface area contributed by atoms with Gasteiger partial charge in [0.25, 0.3) is 0 Å². The molecule has 0 radical (unpaired) electrons. The number of hydrogen-bond donors (Lipinski definition) is 2. The topological polar surface area (TPSA) is 55.1 Å². The molecule has 16 heavy (non-hydrogen) atoms. The second-order valence-corrected chi connectivity index (χ2v) is 3.68. The third-order valence-corrected chi connectivity index (χ3v) is 2.46. The standard InChI is InChI=1S/C11H14F2N2O/c1-3-15-11(2,10(14)16)7-4-8(12)6-9(13)5-7/h4-6,15H,3H2,1-2H3,(H2,14,16). The quantitative estimate of drug-likeness (QED) is 0.815. The number of likely N-dealkylation sites (N-methyl/N-ethyl adjacent to an activating group) is 1. The van der Waals surface area contributed by atoms with E-state index < -0.39 is 23.1 Å². The Hall–Kier alpha value is -1.49. The van der Waals surface area contributed by atoms with Gasteiger partial charge in [0.1, 0.15) is 17.2 Å². The van der Waals surface area contributed by atoms with Crippen LogP contribution in [0.1, 0.15) is 19.4 Å². The van der Waals surface area contributed by atoms with E-state index in [-0.39, 0.29) is 5.56 Å². The molecular formula is C11H14F2N2O. The molecule has 1 atom stereocenters. The maximum Gasteiger partial charge on any atom is 0.242 e. The lowest BCUT2D eigenvalue weighted by Crippen LogP contribution is -2.50. The molecule has 1 aromatic carbocycles. The molecule has 0 bridgehead atoms. The molecule has 1 amide bonds. The summed E-state index contributed by atoms with van der Waals surface area (Å²) in [7, 11) is 0. The van der Waals surface area contributed by atoms with Crippen molar-refractivity contribution in [3.8, 4) is 0 Å². The van der Waals surface area contributed by atoms with Crippen LogP contribution >= 0.6 is 0 Å². The van der Waals surface area contributed by atoms with Gasteiger partial charge in [0, 0.05) is 6.07 Å². The van der Waals surface area contributed by atoms with Gasteiger partial charge in [-0.05, 0) is 31.2 Å². The number of carbonyl (C=O) groups is 1. The van der Waals surface area contributed by atoms with Crippen LogP contribution in [0.25, 0.3) is 0 Å². The zero-order chi connectivity index (χ0) is 12.3. The first-order chi connectivity index (χ1) is 7.40. The van der Waals surface area contributed by atoms with Crippen LogP contribution in [-0.4, -0.2) is 12.5 Å². The van der Waals surface area contributed by atoms with Crippen molar-refractivity contribution in [2.75, 3.05) is 6.54 Å². The highest BCUT2D eigenvalue weighted by Gasteiger charge is 2.32. The van der Waals surface area contributed by atoms with Gasteiger partial charge in [0.15, 0.2) is 0 Å². The van der Waals surface area contributed by atoms with E-state index in [1.807, 2.05) is 0 Å². The minimum atomic E-state index is -1.27. The molecule has 88 valence electrons. The SMILES string of the molecule is CCNC(C)(C(N)=O)c1cc(F)cc(F)c1. The summed E-state index contributed by atoms with van der Waals surface area (Å²) >= 11 is 0. The van der Waals surface area contributed by atoms with Crippen molar-refractivity contribution in [1.82, 2.24) is 5.32 Å². The summed E-state index contributed by atoms with van der Waals surface area (Å²) in [6.45, 7) is 3.72. The van der Waals surface area contributed by atoms with Crippen LogP contribution in [0, 0.1) is 11.6 Å². The zero-order valence-corrected chi connectivity index (χ0v) is 9.18. The number of benzene rings is 1. The van der Waals surface area contributed by atoms with E-state index in [0.29, 0.717) is 6.54 Å². The fraction of sp³-hybridized carbons (Fsp3) is 0.364. The number of halogens is 2. The van der Waals surface area contributed by atoms with Gasteiger partial charge < -0.3 is 11.1 Å². The highest BCUT2D eigenvalue weighted by atomic mass is 19.1. The van der Waals surface area contributed by atoms with Crippen LogP contribution in [-0.2, 0) is 10.3 Å². The fourth-order valence-corrected chi connectivity index (χ4v) is 1.53. The Bertz CT molecular complexity index is 389. The van der Waals surface area contributed by atoms with Crippen LogP contribution in [0.4, 0.5) is 8.78 Å². The van der Waals surface area contributed by atoms with Gasteiger partial charge in [-0.2, -0.15) is 0 Å². The maximum absolute atomic E-state index is 13.0. The highest BCUT2D eigenvalue weighted by molar-refractivity contribution is 5.85. The number of rotatable bonds is 4. The molecule has 0 aliphatic rings. The Morgan fingerprint density at radius 2 is 1.88 bits per heavy atom. The average Bonchev–Trinajstić information content (AvgIpc) is 2.16. The lowest BCUT2D eigenvalue weighted by atomic mass is 9.91. The summed E-state index contributed by atoms with van der Waals surface area (Å²) in [5, 5.41) is 2.82. The van der Waals surface area contributed by atoms with E-state index in [1.54, 1.807) is 6.92 Å². The van der Waals surface area contributed by atoms with Crippen molar-refractivity contribution < 1.29 is 13.6 Å². The minimum Gasteiger partial charge on any atom is -0.368 e. The highest BCUT2D eigenvalue weighted by Crippen LogP contribution is 2.22. The van der Waals surface area contributed by atoms with Gasteiger partial charge in [-0.25, -0.2) is 8.78 Å². The van der Waals surface area contributed by atoms with E-state index in [0.717, 1.165) is 18.2 Å². The largest absolute Gasteiger partial charge is 0.368 e. The molecule has 0 aliphatic heterocycles. The summed E-state index contributed by atoms with van der Waals surface area (Å²) in [6, 6.07) is 2.93. The Morgan fingerprint density at radius 3 is 2.25 bits per heavy atom. The summed E-state index contributed by atoms with van der Waals surface area (Å²) in [6.07, 6.45) is 0. The fourth-order valence-electron chi connectivity index (χ4n) is 1.53. The summed E-state index contributed by atoms with van der Waals surface area (Å²) in [5.74, 6) is -2.15. The van der Waals surface area contributed by atoms with Gasteiger partial charge in [0.05, 0.1) is 0 Å². The lowest BCUT2D eigenvalue weighted by molar-refractivity contribution is -0.124. The molecule has 3 N–H and O–H groups in total. The van der Waals surface area contributed by atoms with Gasteiger partial charge >= 0.3 is 0 Å². The molecule has 1 aromatic rings. The van der Waals surface area contributed by atoms with Crippen LogP contribution in [0.15, 0.2) is 18.2 Å². The first-order valence-corrected chi connectivity index (χ1v) is 4.91. The van der Waals surface area contributed by atoms with E-state index >= 15 is 0 Å². The van der Waals surface area contributed by atoms with Crippen LogP contribution < -0.4 is 11.1 Å². The van der Waals surface area contributed by atoms with E-state index in [1.165, 1.54) is 6.92 Å². The van der Waals surface area contributed by atoms with Crippen molar-refractivity contribution in [2.24, 2.45) is 5.73 Å². The number of nitrogens with one attached hydrogen (secondary N) is 1. The van der Waals surface area contributed by atoms with Crippen molar-refractivity contribution in [2.45, 2.75) is 19.4 Å². The van der Waals surface area contributed by atoms with Gasteiger partial charge in [-0.15, -0.1) is 0 Å². The van der Waals surface area contributed by atoms with Crippen molar-refractivity contribution in [3.05, 3.63) is 35.4 Å². The molecule has 3 nitrogen and oxygen atoms in total. The number of hydrogen-bond acceptors (Lipinski definition) is 2. The van der Waals surface area contributed by atoms with Gasteiger partial charge in [-0.3, -0.25) is 4.79 Å². The Labute approximate surface area is 92.6 Å². The Morgan fingerprint density at radius 1 is 1.38 bits per heavy atom. The van der Waals surface area contributed by atoms with Gasteiger partial charge in [-0.1, -0.05) is 6.92 Å². The number of carbonyl (C=O) groups excluding carboxylic acids is 1. The number of primary amides is 1. The molecule has 0 saturated carbocycles. The lowest BCUT2D eigenvalue weighted by Gasteiger charge is -2.27. The molecule has 0 spiro atoms. The van der Waals surface area contributed by atoms with E-state index in [4.69, 9.17) is 5.73 Å². The Balaban J connectivity index is 3.25. The smallest absolute Gasteiger partial charge is 0.242 e. The number of nitrogens with two attached hydrogens (primary N) is 1. The van der Waals surface area contributed by atoms with Crippen LogP contribution in [0.5, 0.6) is 0 Å². The molecule has 0 fully saturated rings. The first kappa shape index (κ1) is 12.6. The summed E-state index contributed by atoms with van der Waals surface area (Å²) < 4.78 is 26.1. The zero-order valence-electron chi connectivity index (χ0n) is 9.18. The molecule has 1 rings (SSSR count). The predicted octanol–water partition coefficient (Wildman–Crippen LogP) is 1.27. The van der Waals surface area contributed by atoms with Crippen molar-refractivity contribution in [3.63, 3.8) is 0 Å². The van der Waals surface area contributed by atoms with Crippen molar-refractivity contribution in [1.29, 1.82) is 0 Å². The minimum absolute atomic E-state index is 0.180. The normalized spacial score (nSPS) is 14.5. The summed E-state index contributed by atoms with van der Waals surface area (Å²) in [5.41, 5.74) is 4.16. The number of amides is 1. The summed E-state index contributed by atoms with van der Waals surface area (Å²) in [4.78, 5) is 11.3. The van der Waals surface area contributed by atoms with E-state index in [9.17, 15) is 13.6 Å². The maximum atomic E-state index is 13.0. The second-order valence-electron chi connectivity index (χ2n) is 3.68. The Kier molecular flexibility index (Phi) is 3.59. The first-order valence-electron chi connectivity index (χ1n) is 4.91. The monoisotopic (exact) mass is 228 g/mol. The van der Waals surface area contributed by atoms with Crippen molar-refractivity contribution >= 4 is 5.91 Å². The molecule has 0 aromatic heterocycles. The predicted molar refractivity (Wildman–Crippen MR) is 56.6 cm³/mol. The average molecular weight is 228 g/mol. The second kappa shape index (κ2) is 4.57. The van der Waals surface area contributed by atoms with E-state index in [2.05, 4.69) is 5.32 Å².